The minimum absolute atomic E-state index is 0.473. The van der Waals surface area contributed by atoms with Crippen molar-refractivity contribution in [1.82, 2.24) is 15.3 Å². The predicted octanol–water partition coefficient (Wildman–Crippen LogP) is 3.97. The zero-order valence-electron chi connectivity index (χ0n) is 16.0. The third-order valence-corrected chi connectivity index (χ3v) is 4.30. The van der Waals surface area contributed by atoms with Crippen LogP contribution in [0.3, 0.4) is 0 Å². The fourth-order valence-electron chi connectivity index (χ4n) is 3.08. The molecule has 1 aromatic carbocycles. The zero-order chi connectivity index (χ0) is 19.1. The van der Waals surface area contributed by atoms with Crippen molar-refractivity contribution in [2.45, 2.75) is 33.5 Å². The predicted molar refractivity (Wildman–Crippen MR) is 106 cm³/mol. The highest BCUT2D eigenvalue weighted by molar-refractivity contribution is 5.43. The molecule has 0 atom stereocenters. The smallest absolute Gasteiger partial charge is 0.217 e. The number of benzene rings is 1. The number of hydrogen-bond acceptors (Lipinski definition) is 5. The number of pyridine rings is 2. The van der Waals surface area contributed by atoms with Gasteiger partial charge in [-0.1, -0.05) is 24.3 Å². The molecule has 1 N–H and O–H groups in total. The second kappa shape index (κ2) is 9.14. The van der Waals surface area contributed by atoms with Gasteiger partial charge in [-0.25, -0.2) is 4.98 Å². The lowest BCUT2D eigenvalue weighted by Crippen LogP contribution is -2.14. The maximum absolute atomic E-state index is 6.00. The van der Waals surface area contributed by atoms with Gasteiger partial charge in [0.1, 0.15) is 12.4 Å². The van der Waals surface area contributed by atoms with Crippen LogP contribution in [0.15, 0.2) is 54.9 Å². The van der Waals surface area contributed by atoms with Gasteiger partial charge in [0.05, 0.1) is 12.8 Å². The number of aromatic nitrogens is 2. The standard InChI is InChI=1S/C22H25N3O2/c1-16-11-18(13-23-14-19-7-6-10-25-22(19)26-3)12-17(2)21(16)27-15-20-8-4-5-9-24-20/h4-12,23H,13-15H2,1-3H3. The first kappa shape index (κ1) is 18.9. The van der Waals surface area contributed by atoms with Gasteiger partial charge in [0.15, 0.2) is 0 Å². The molecule has 0 amide bonds. The van der Waals surface area contributed by atoms with Crippen molar-refractivity contribution in [3.63, 3.8) is 0 Å². The van der Waals surface area contributed by atoms with E-state index in [4.69, 9.17) is 9.47 Å². The van der Waals surface area contributed by atoms with E-state index in [1.54, 1.807) is 19.5 Å². The summed E-state index contributed by atoms with van der Waals surface area (Å²) < 4.78 is 11.3. The third-order valence-electron chi connectivity index (χ3n) is 4.30. The number of aryl methyl sites for hydroxylation is 2. The minimum atomic E-state index is 0.473. The van der Waals surface area contributed by atoms with Crippen LogP contribution < -0.4 is 14.8 Å². The van der Waals surface area contributed by atoms with E-state index >= 15 is 0 Å². The first-order chi connectivity index (χ1) is 13.2. The summed E-state index contributed by atoms with van der Waals surface area (Å²) in [5.74, 6) is 1.59. The van der Waals surface area contributed by atoms with Crippen LogP contribution in [0.2, 0.25) is 0 Å². The van der Waals surface area contributed by atoms with Crippen molar-refractivity contribution >= 4 is 0 Å². The molecule has 0 bridgehead atoms. The second-order valence-electron chi connectivity index (χ2n) is 6.44. The van der Waals surface area contributed by atoms with E-state index in [1.165, 1.54) is 5.56 Å². The normalized spacial score (nSPS) is 10.6. The Morgan fingerprint density at radius 3 is 2.41 bits per heavy atom. The van der Waals surface area contributed by atoms with E-state index < -0.39 is 0 Å². The monoisotopic (exact) mass is 363 g/mol. The lowest BCUT2D eigenvalue weighted by molar-refractivity contribution is 0.297. The lowest BCUT2D eigenvalue weighted by atomic mass is 10.1. The number of nitrogens with zero attached hydrogens (tertiary/aromatic N) is 2. The Morgan fingerprint density at radius 2 is 1.70 bits per heavy atom. The highest BCUT2D eigenvalue weighted by Crippen LogP contribution is 2.26. The molecule has 27 heavy (non-hydrogen) atoms. The summed E-state index contributed by atoms with van der Waals surface area (Å²) in [4.78, 5) is 8.53. The number of rotatable bonds is 8. The number of ether oxygens (including phenoxy) is 2. The molecule has 3 rings (SSSR count). The summed E-state index contributed by atoms with van der Waals surface area (Å²) in [6, 6.07) is 14.1. The topological polar surface area (TPSA) is 56.3 Å². The Bertz CT molecular complexity index is 859. The van der Waals surface area contributed by atoms with E-state index in [1.807, 2.05) is 30.3 Å². The Balaban J connectivity index is 1.60. The molecule has 0 unspecified atom stereocenters. The molecular formula is C22H25N3O2. The molecule has 0 aliphatic heterocycles. The van der Waals surface area contributed by atoms with Gasteiger partial charge in [-0.05, 0) is 48.7 Å². The van der Waals surface area contributed by atoms with Crippen LogP contribution in [0.5, 0.6) is 11.6 Å². The highest BCUT2D eigenvalue weighted by atomic mass is 16.5. The van der Waals surface area contributed by atoms with Crippen molar-refractivity contribution in [2.75, 3.05) is 7.11 Å². The summed E-state index contributed by atoms with van der Waals surface area (Å²) >= 11 is 0. The molecule has 0 aliphatic carbocycles. The van der Waals surface area contributed by atoms with Crippen LogP contribution in [0.1, 0.15) is 27.9 Å². The molecule has 5 heteroatoms. The van der Waals surface area contributed by atoms with E-state index in [0.717, 1.165) is 34.7 Å². The van der Waals surface area contributed by atoms with Crippen LogP contribution in [0, 0.1) is 13.8 Å². The van der Waals surface area contributed by atoms with Crippen molar-refractivity contribution in [2.24, 2.45) is 0 Å². The van der Waals surface area contributed by atoms with Crippen molar-refractivity contribution in [3.05, 3.63) is 82.8 Å². The molecule has 2 heterocycles. The van der Waals surface area contributed by atoms with Gasteiger partial charge in [-0.3, -0.25) is 4.98 Å². The van der Waals surface area contributed by atoms with Crippen LogP contribution in [0.4, 0.5) is 0 Å². The molecule has 0 saturated heterocycles. The molecule has 0 radical (unpaired) electrons. The van der Waals surface area contributed by atoms with Gasteiger partial charge < -0.3 is 14.8 Å². The number of hydrogen-bond donors (Lipinski definition) is 1. The second-order valence-corrected chi connectivity index (χ2v) is 6.44. The average molecular weight is 363 g/mol. The summed E-state index contributed by atoms with van der Waals surface area (Å²) in [6.45, 7) is 6.09. The molecule has 5 nitrogen and oxygen atoms in total. The molecule has 0 fully saturated rings. The molecule has 140 valence electrons. The maximum Gasteiger partial charge on any atom is 0.217 e. The van der Waals surface area contributed by atoms with E-state index in [9.17, 15) is 0 Å². The summed E-state index contributed by atoms with van der Waals surface area (Å²) in [5, 5.41) is 3.45. The van der Waals surface area contributed by atoms with Gasteiger partial charge in [0, 0.05) is 31.0 Å². The maximum atomic E-state index is 6.00. The van der Waals surface area contributed by atoms with Gasteiger partial charge in [0.2, 0.25) is 5.88 Å². The van der Waals surface area contributed by atoms with Gasteiger partial charge in [-0.2, -0.15) is 0 Å². The number of methoxy groups -OCH3 is 1. The van der Waals surface area contributed by atoms with Crippen LogP contribution in [-0.4, -0.2) is 17.1 Å². The fraction of sp³-hybridized carbons (Fsp3) is 0.273. The largest absolute Gasteiger partial charge is 0.487 e. The highest BCUT2D eigenvalue weighted by Gasteiger charge is 2.08. The molecule has 0 spiro atoms. The van der Waals surface area contributed by atoms with Gasteiger partial charge in [-0.15, -0.1) is 0 Å². The van der Waals surface area contributed by atoms with Crippen molar-refractivity contribution in [1.29, 1.82) is 0 Å². The Labute approximate surface area is 160 Å². The summed E-state index contributed by atoms with van der Waals surface area (Å²) in [7, 11) is 1.64. The Morgan fingerprint density at radius 1 is 0.926 bits per heavy atom. The summed E-state index contributed by atoms with van der Waals surface area (Å²) in [5.41, 5.74) is 5.44. The first-order valence-electron chi connectivity index (χ1n) is 8.99. The SMILES string of the molecule is COc1ncccc1CNCc1cc(C)c(OCc2ccccn2)c(C)c1. The Hall–Kier alpha value is -2.92. The van der Waals surface area contributed by atoms with Crippen LogP contribution in [-0.2, 0) is 19.7 Å². The van der Waals surface area contributed by atoms with Gasteiger partial charge >= 0.3 is 0 Å². The first-order valence-corrected chi connectivity index (χ1v) is 8.99. The van der Waals surface area contributed by atoms with Crippen molar-refractivity contribution in [3.8, 4) is 11.6 Å². The van der Waals surface area contributed by atoms with E-state index in [2.05, 4.69) is 41.3 Å². The quantitative estimate of drug-likeness (QED) is 0.656. The van der Waals surface area contributed by atoms with Gasteiger partial charge in [0.25, 0.3) is 0 Å². The zero-order valence-corrected chi connectivity index (χ0v) is 16.0. The van der Waals surface area contributed by atoms with Crippen molar-refractivity contribution < 1.29 is 9.47 Å². The molecular weight excluding hydrogens is 338 g/mol. The Kier molecular flexibility index (Phi) is 6.39. The fourth-order valence-corrected chi connectivity index (χ4v) is 3.08. The molecule has 2 aromatic heterocycles. The minimum Gasteiger partial charge on any atom is -0.487 e. The van der Waals surface area contributed by atoms with Crippen LogP contribution >= 0.6 is 0 Å². The third kappa shape index (κ3) is 5.05. The van der Waals surface area contributed by atoms with E-state index in [-0.39, 0.29) is 0 Å². The molecule has 0 saturated carbocycles. The van der Waals surface area contributed by atoms with E-state index in [0.29, 0.717) is 19.0 Å². The molecule has 0 aliphatic rings. The molecule has 3 aromatic rings. The summed E-state index contributed by atoms with van der Waals surface area (Å²) in [6.07, 6.45) is 3.52. The average Bonchev–Trinajstić information content (AvgIpc) is 2.68. The van der Waals surface area contributed by atoms with Crippen LogP contribution in [0.25, 0.3) is 0 Å². The lowest BCUT2D eigenvalue weighted by Gasteiger charge is -2.14. The number of nitrogens with one attached hydrogen (secondary N) is 1.